The molecule has 6 nitrogen and oxygen atoms in total. The molecule has 0 saturated heterocycles. The van der Waals surface area contributed by atoms with Crippen molar-refractivity contribution in [2.24, 2.45) is 16.4 Å². The minimum absolute atomic E-state index is 0.255. The van der Waals surface area contributed by atoms with Crippen LogP contribution in [0.5, 0.6) is 0 Å². The Bertz CT molecular complexity index is 843. The molecule has 1 amide bonds. The maximum atomic E-state index is 12.6. The van der Waals surface area contributed by atoms with Crippen molar-refractivity contribution in [2.45, 2.75) is 46.5 Å². The molecule has 1 aliphatic rings. The summed E-state index contributed by atoms with van der Waals surface area (Å²) in [7, 11) is 4.00. The third kappa shape index (κ3) is 5.00. The Kier molecular flexibility index (Phi) is 5.87. The number of benzene rings is 1. The van der Waals surface area contributed by atoms with Crippen LogP contribution in [-0.4, -0.2) is 36.4 Å². The maximum absolute atomic E-state index is 12.6. The molecule has 0 fully saturated rings. The molecule has 3 rings (SSSR count). The highest BCUT2D eigenvalue weighted by molar-refractivity contribution is 5.94. The fourth-order valence-corrected chi connectivity index (χ4v) is 3.87. The van der Waals surface area contributed by atoms with Gasteiger partial charge in [0.05, 0.1) is 6.21 Å². The summed E-state index contributed by atoms with van der Waals surface area (Å²) in [6, 6.07) is 7.97. The standard InChI is InChI=1S/C22H31N5O/c1-22(2,3)13-16-8-11-19-18(12-16)20(25-24-19)21(28)26-23-14-15-6-9-17(10-7-15)27(4)5/h6-7,9-10,14,16H,8,11-13H2,1-5H3,(H,24,25)(H,26,28)/b23-14-/t16-/m0/s1. The molecule has 0 unspecified atom stereocenters. The topological polar surface area (TPSA) is 73.4 Å². The molecule has 0 radical (unpaired) electrons. The minimum Gasteiger partial charge on any atom is -0.378 e. The maximum Gasteiger partial charge on any atom is 0.292 e. The molecule has 28 heavy (non-hydrogen) atoms. The number of hydrogen-bond donors (Lipinski definition) is 2. The molecule has 1 atom stereocenters. The van der Waals surface area contributed by atoms with Crippen LogP contribution in [0.3, 0.4) is 0 Å². The zero-order chi connectivity index (χ0) is 20.3. The lowest BCUT2D eigenvalue weighted by Crippen LogP contribution is -2.24. The number of hydrazone groups is 1. The molecular formula is C22H31N5O. The van der Waals surface area contributed by atoms with E-state index in [2.05, 4.69) is 41.5 Å². The molecule has 1 aromatic heterocycles. The zero-order valence-electron chi connectivity index (χ0n) is 17.5. The number of aryl methyl sites for hydroxylation is 1. The largest absolute Gasteiger partial charge is 0.378 e. The van der Waals surface area contributed by atoms with Crippen LogP contribution in [-0.2, 0) is 12.8 Å². The third-order valence-corrected chi connectivity index (χ3v) is 5.15. The van der Waals surface area contributed by atoms with Crippen LogP contribution in [0, 0.1) is 11.3 Å². The smallest absolute Gasteiger partial charge is 0.292 e. The number of carbonyl (C=O) groups is 1. The van der Waals surface area contributed by atoms with E-state index >= 15 is 0 Å². The second-order valence-electron chi connectivity index (χ2n) is 9.09. The second kappa shape index (κ2) is 8.17. The highest BCUT2D eigenvalue weighted by Crippen LogP contribution is 2.34. The van der Waals surface area contributed by atoms with Crippen LogP contribution in [0.25, 0.3) is 0 Å². The van der Waals surface area contributed by atoms with Gasteiger partial charge in [-0.05, 0) is 54.7 Å². The predicted molar refractivity (Wildman–Crippen MR) is 114 cm³/mol. The summed E-state index contributed by atoms with van der Waals surface area (Å²) < 4.78 is 0. The van der Waals surface area contributed by atoms with Crippen molar-refractivity contribution in [2.75, 3.05) is 19.0 Å². The quantitative estimate of drug-likeness (QED) is 0.611. The van der Waals surface area contributed by atoms with E-state index in [0.29, 0.717) is 17.0 Å². The molecule has 0 aliphatic heterocycles. The number of aromatic amines is 1. The lowest BCUT2D eigenvalue weighted by atomic mass is 9.76. The summed E-state index contributed by atoms with van der Waals surface area (Å²) in [6.45, 7) is 6.81. The van der Waals surface area contributed by atoms with Crippen LogP contribution >= 0.6 is 0 Å². The Labute approximate surface area is 167 Å². The number of fused-ring (bicyclic) bond motifs is 1. The molecule has 6 heteroatoms. The molecule has 1 heterocycles. The van der Waals surface area contributed by atoms with Gasteiger partial charge >= 0.3 is 0 Å². The zero-order valence-corrected chi connectivity index (χ0v) is 17.5. The van der Waals surface area contributed by atoms with Gasteiger partial charge in [0.1, 0.15) is 0 Å². The van der Waals surface area contributed by atoms with Crippen molar-refractivity contribution < 1.29 is 4.79 Å². The van der Waals surface area contributed by atoms with E-state index in [4.69, 9.17) is 0 Å². The molecule has 0 bridgehead atoms. The number of nitrogens with one attached hydrogen (secondary N) is 2. The molecule has 2 aromatic rings. The van der Waals surface area contributed by atoms with Gasteiger partial charge in [0.15, 0.2) is 5.69 Å². The Hall–Kier alpha value is -2.63. The number of aromatic nitrogens is 2. The van der Waals surface area contributed by atoms with Crippen LogP contribution in [0.2, 0.25) is 0 Å². The Balaban J connectivity index is 1.63. The van der Waals surface area contributed by atoms with Gasteiger partial charge in [-0.3, -0.25) is 9.89 Å². The summed E-state index contributed by atoms with van der Waals surface area (Å²) in [5.41, 5.74) is 7.60. The summed E-state index contributed by atoms with van der Waals surface area (Å²) in [4.78, 5) is 14.6. The molecule has 1 aromatic carbocycles. The van der Waals surface area contributed by atoms with E-state index in [-0.39, 0.29) is 5.91 Å². The number of nitrogens with zero attached hydrogens (tertiary/aromatic N) is 3. The summed E-state index contributed by atoms with van der Waals surface area (Å²) >= 11 is 0. The van der Waals surface area contributed by atoms with E-state index in [9.17, 15) is 4.79 Å². The van der Waals surface area contributed by atoms with Gasteiger partial charge < -0.3 is 4.90 Å². The average molecular weight is 382 g/mol. The summed E-state index contributed by atoms with van der Waals surface area (Å²) in [5, 5.41) is 11.4. The normalized spacial score (nSPS) is 16.8. The monoisotopic (exact) mass is 381 g/mol. The molecular weight excluding hydrogens is 350 g/mol. The molecule has 0 spiro atoms. The van der Waals surface area contributed by atoms with Crippen molar-refractivity contribution in [1.29, 1.82) is 0 Å². The van der Waals surface area contributed by atoms with Crippen LogP contribution < -0.4 is 10.3 Å². The first kappa shape index (κ1) is 20.1. The number of amides is 1. The van der Waals surface area contributed by atoms with Gasteiger partial charge in [0.2, 0.25) is 0 Å². The summed E-state index contributed by atoms with van der Waals surface area (Å²) in [6.07, 6.45) is 5.81. The van der Waals surface area contributed by atoms with Crippen LogP contribution in [0.1, 0.15) is 60.9 Å². The van der Waals surface area contributed by atoms with Gasteiger partial charge in [-0.1, -0.05) is 32.9 Å². The van der Waals surface area contributed by atoms with Crippen molar-refractivity contribution in [3.05, 3.63) is 46.8 Å². The lowest BCUT2D eigenvalue weighted by molar-refractivity contribution is 0.0948. The highest BCUT2D eigenvalue weighted by atomic mass is 16.2. The Morgan fingerprint density at radius 3 is 2.68 bits per heavy atom. The van der Waals surface area contributed by atoms with Crippen molar-refractivity contribution in [3.63, 3.8) is 0 Å². The van der Waals surface area contributed by atoms with E-state index in [0.717, 1.165) is 48.2 Å². The van der Waals surface area contributed by atoms with E-state index in [1.807, 2.05) is 43.3 Å². The SMILES string of the molecule is CN(C)c1ccc(/C=N\NC(=O)c2n[nH]c3c2C[C@@H](CC(C)(C)C)CC3)cc1. The number of rotatable bonds is 5. The first-order chi connectivity index (χ1) is 13.2. The Morgan fingerprint density at radius 2 is 2.04 bits per heavy atom. The van der Waals surface area contributed by atoms with E-state index < -0.39 is 0 Å². The number of H-pyrrole nitrogens is 1. The van der Waals surface area contributed by atoms with E-state index in [1.54, 1.807) is 6.21 Å². The van der Waals surface area contributed by atoms with Gasteiger partial charge in [-0.15, -0.1) is 0 Å². The van der Waals surface area contributed by atoms with Gasteiger partial charge in [0, 0.05) is 31.0 Å². The first-order valence-electron chi connectivity index (χ1n) is 9.90. The molecule has 1 aliphatic carbocycles. The number of hydrogen-bond acceptors (Lipinski definition) is 4. The molecule has 150 valence electrons. The molecule has 2 N–H and O–H groups in total. The highest BCUT2D eigenvalue weighted by Gasteiger charge is 2.28. The lowest BCUT2D eigenvalue weighted by Gasteiger charge is -2.28. The van der Waals surface area contributed by atoms with Gasteiger partial charge in [0.25, 0.3) is 5.91 Å². The van der Waals surface area contributed by atoms with Crippen LogP contribution in [0.15, 0.2) is 29.4 Å². The van der Waals surface area contributed by atoms with Gasteiger partial charge in [-0.2, -0.15) is 10.2 Å². The second-order valence-corrected chi connectivity index (χ2v) is 9.09. The van der Waals surface area contributed by atoms with Crippen molar-refractivity contribution in [1.82, 2.24) is 15.6 Å². The first-order valence-corrected chi connectivity index (χ1v) is 9.90. The Morgan fingerprint density at radius 1 is 1.32 bits per heavy atom. The predicted octanol–water partition coefficient (Wildman–Crippen LogP) is 3.78. The fraction of sp³-hybridized carbons (Fsp3) is 0.500. The van der Waals surface area contributed by atoms with Crippen molar-refractivity contribution in [3.8, 4) is 0 Å². The average Bonchev–Trinajstić information content (AvgIpc) is 3.04. The minimum atomic E-state index is -0.255. The third-order valence-electron chi connectivity index (χ3n) is 5.15. The fourth-order valence-electron chi connectivity index (χ4n) is 3.87. The molecule has 0 saturated carbocycles. The van der Waals surface area contributed by atoms with Crippen LogP contribution in [0.4, 0.5) is 5.69 Å². The number of anilines is 1. The van der Waals surface area contributed by atoms with Gasteiger partial charge in [-0.25, -0.2) is 5.43 Å². The number of carbonyl (C=O) groups excluding carboxylic acids is 1. The van der Waals surface area contributed by atoms with E-state index in [1.165, 1.54) is 0 Å². The summed E-state index contributed by atoms with van der Waals surface area (Å²) in [5.74, 6) is 0.338. The van der Waals surface area contributed by atoms with Crippen molar-refractivity contribution >= 4 is 17.8 Å².